The Balaban J connectivity index is 1.71. The highest BCUT2D eigenvalue weighted by atomic mass is 16.5. The van der Waals surface area contributed by atoms with Crippen LogP contribution in [-0.4, -0.2) is 49.9 Å². The first kappa shape index (κ1) is 23.6. The molecule has 10 heteroatoms. The molecule has 1 unspecified atom stereocenters. The fourth-order valence-electron chi connectivity index (χ4n) is 4.92. The first-order valence-corrected chi connectivity index (χ1v) is 11.9. The van der Waals surface area contributed by atoms with Crippen LogP contribution in [0.25, 0.3) is 22.1 Å². The van der Waals surface area contributed by atoms with Crippen molar-refractivity contribution in [2.45, 2.75) is 38.9 Å². The van der Waals surface area contributed by atoms with E-state index in [9.17, 15) is 9.59 Å². The maximum atomic E-state index is 13.9. The fourth-order valence-corrected chi connectivity index (χ4v) is 4.92. The molecule has 0 aliphatic carbocycles. The minimum absolute atomic E-state index is 0.0283. The number of imidazole rings is 1. The van der Waals surface area contributed by atoms with Crippen LogP contribution in [0, 0.1) is 11.8 Å². The highest BCUT2D eigenvalue weighted by Crippen LogP contribution is 2.27. The Kier molecular flexibility index (Phi) is 6.24. The molecule has 0 bridgehead atoms. The predicted octanol–water partition coefficient (Wildman–Crippen LogP) is 1.45. The average Bonchev–Trinajstić information content (AvgIpc) is 3.28. The lowest BCUT2D eigenvalue weighted by atomic mass is 10.1. The van der Waals surface area contributed by atoms with Crippen LogP contribution in [0.15, 0.2) is 40.1 Å². The van der Waals surface area contributed by atoms with Crippen LogP contribution in [0.5, 0.6) is 5.75 Å². The maximum Gasteiger partial charge on any atom is 0.332 e. The molecule has 0 radical (unpaired) electrons. The number of nitrogens with zero attached hydrogens (tertiary/aromatic N) is 6. The SMILES string of the molecule is CC#CCn1c(N2CCCC(N)C2)nc2c1c(=O)n(Cc1ccc(OC)c3cccnc13)c(=O)n2C. The highest BCUT2D eigenvalue weighted by molar-refractivity contribution is 5.87. The number of hydrogen-bond donors (Lipinski definition) is 1. The number of benzene rings is 1. The Morgan fingerprint density at radius 1 is 1.22 bits per heavy atom. The van der Waals surface area contributed by atoms with Crippen molar-refractivity contribution in [3.63, 3.8) is 0 Å². The maximum absolute atomic E-state index is 13.9. The average molecular weight is 488 g/mol. The van der Waals surface area contributed by atoms with E-state index in [0.29, 0.717) is 34.9 Å². The van der Waals surface area contributed by atoms with E-state index in [4.69, 9.17) is 15.5 Å². The monoisotopic (exact) mass is 487 g/mol. The third-order valence-electron chi connectivity index (χ3n) is 6.73. The van der Waals surface area contributed by atoms with Crippen LogP contribution in [-0.2, 0) is 20.1 Å². The molecule has 1 aromatic carbocycles. The molecule has 10 nitrogen and oxygen atoms in total. The first-order chi connectivity index (χ1) is 17.4. The lowest BCUT2D eigenvalue weighted by Crippen LogP contribution is -2.44. The van der Waals surface area contributed by atoms with Crippen LogP contribution < -0.4 is 26.6 Å². The molecule has 3 aromatic heterocycles. The van der Waals surface area contributed by atoms with Gasteiger partial charge in [0.25, 0.3) is 5.56 Å². The van der Waals surface area contributed by atoms with Crippen molar-refractivity contribution in [1.29, 1.82) is 0 Å². The third kappa shape index (κ3) is 3.91. The minimum atomic E-state index is -0.444. The van der Waals surface area contributed by atoms with Crippen molar-refractivity contribution in [3.8, 4) is 17.6 Å². The van der Waals surface area contributed by atoms with Gasteiger partial charge < -0.3 is 15.4 Å². The van der Waals surface area contributed by atoms with Crippen molar-refractivity contribution in [2.75, 3.05) is 25.1 Å². The number of fused-ring (bicyclic) bond motifs is 2. The molecule has 0 saturated carbocycles. The van der Waals surface area contributed by atoms with E-state index in [1.54, 1.807) is 27.3 Å². The zero-order chi connectivity index (χ0) is 25.4. The van der Waals surface area contributed by atoms with Gasteiger partial charge in [0.2, 0.25) is 5.95 Å². The van der Waals surface area contributed by atoms with Crippen LogP contribution in [0.4, 0.5) is 5.95 Å². The molecule has 2 N–H and O–H groups in total. The summed E-state index contributed by atoms with van der Waals surface area (Å²) in [6, 6.07) is 7.42. The summed E-state index contributed by atoms with van der Waals surface area (Å²) in [4.78, 5) is 38.6. The molecule has 4 heterocycles. The van der Waals surface area contributed by atoms with Crippen LogP contribution in [0.1, 0.15) is 25.3 Å². The molecule has 1 saturated heterocycles. The molecule has 36 heavy (non-hydrogen) atoms. The van der Waals surface area contributed by atoms with Crippen LogP contribution in [0.2, 0.25) is 0 Å². The van der Waals surface area contributed by atoms with E-state index in [0.717, 1.165) is 30.3 Å². The van der Waals surface area contributed by atoms with Crippen LogP contribution in [0.3, 0.4) is 0 Å². The van der Waals surface area contributed by atoms with Gasteiger partial charge in [0.15, 0.2) is 11.2 Å². The first-order valence-electron chi connectivity index (χ1n) is 11.9. The molecule has 0 spiro atoms. The van der Waals surface area contributed by atoms with E-state index >= 15 is 0 Å². The van der Waals surface area contributed by atoms with Gasteiger partial charge in [-0.05, 0) is 43.5 Å². The van der Waals surface area contributed by atoms with Crippen molar-refractivity contribution < 1.29 is 4.74 Å². The number of anilines is 1. The van der Waals surface area contributed by atoms with Gasteiger partial charge in [-0.1, -0.05) is 12.0 Å². The van der Waals surface area contributed by atoms with Crippen molar-refractivity contribution in [2.24, 2.45) is 12.8 Å². The summed E-state index contributed by atoms with van der Waals surface area (Å²) in [6.07, 6.45) is 3.56. The van der Waals surface area contributed by atoms with Gasteiger partial charge in [-0.15, -0.1) is 5.92 Å². The Morgan fingerprint density at radius 3 is 2.81 bits per heavy atom. The molecule has 5 rings (SSSR count). The molecular formula is C26H29N7O3. The van der Waals surface area contributed by atoms with E-state index in [1.807, 2.05) is 28.8 Å². The number of pyridine rings is 1. The normalized spacial score (nSPS) is 15.8. The molecule has 1 fully saturated rings. The molecule has 1 atom stereocenters. The Labute approximate surface area is 207 Å². The van der Waals surface area contributed by atoms with E-state index < -0.39 is 11.2 Å². The number of hydrogen-bond acceptors (Lipinski definition) is 7. The molecule has 186 valence electrons. The van der Waals surface area contributed by atoms with Gasteiger partial charge >= 0.3 is 5.69 Å². The second kappa shape index (κ2) is 9.51. The number of methoxy groups -OCH3 is 1. The topological polar surface area (TPSA) is 113 Å². The quantitative estimate of drug-likeness (QED) is 0.424. The summed E-state index contributed by atoms with van der Waals surface area (Å²) >= 11 is 0. The number of piperidine rings is 1. The van der Waals surface area contributed by atoms with E-state index in [2.05, 4.69) is 21.7 Å². The van der Waals surface area contributed by atoms with Gasteiger partial charge in [-0.25, -0.2) is 4.79 Å². The summed E-state index contributed by atoms with van der Waals surface area (Å²) in [5.41, 5.74) is 7.48. The number of aromatic nitrogens is 5. The molecule has 1 aliphatic rings. The van der Waals surface area contributed by atoms with Gasteiger partial charge in [0.1, 0.15) is 5.75 Å². The lowest BCUT2D eigenvalue weighted by Gasteiger charge is -2.31. The number of aryl methyl sites for hydroxylation is 1. The molecule has 1 aliphatic heterocycles. The smallest absolute Gasteiger partial charge is 0.332 e. The largest absolute Gasteiger partial charge is 0.496 e. The van der Waals surface area contributed by atoms with E-state index in [-0.39, 0.29) is 19.1 Å². The van der Waals surface area contributed by atoms with Crippen molar-refractivity contribution in [1.82, 2.24) is 23.7 Å². The summed E-state index contributed by atoms with van der Waals surface area (Å²) in [6.45, 7) is 3.52. The van der Waals surface area contributed by atoms with Gasteiger partial charge in [0, 0.05) is 37.8 Å². The Morgan fingerprint density at radius 2 is 2.06 bits per heavy atom. The highest BCUT2D eigenvalue weighted by Gasteiger charge is 2.26. The summed E-state index contributed by atoms with van der Waals surface area (Å²) in [5.74, 6) is 7.25. The molecule has 4 aromatic rings. The standard InChI is InChI=1S/C26H29N7O3/c1-4-5-14-32-22-23(29-25(32)31-13-7-8-18(27)16-31)30(2)26(35)33(24(22)34)15-17-10-11-20(36-3)19-9-6-12-28-21(17)19/h6,9-12,18H,7-8,13-16,27H2,1-3H3. The predicted molar refractivity (Wildman–Crippen MR) is 140 cm³/mol. The summed E-state index contributed by atoms with van der Waals surface area (Å²) < 4.78 is 9.95. The second-order valence-electron chi connectivity index (χ2n) is 9.00. The number of ether oxygens (including phenoxy) is 1. The van der Waals surface area contributed by atoms with Crippen molar-refractivity contribution >= 4 is 28.0 Å². The molecular weight excluding hydrogens is 458 g/mol. The van der Waals surface area contributed by atoms with Crippen LogP contribution >= 0.6 is 0 Å². The summed E-state index contributed by atoms with van der Waals surface area (Å²) in [5, 5.41) is 0.815. The minimum Gasteiger partial charge on any atom is -0.496 e. The van der Waals surface area contributed by atoms with Gasteiger partial charge in [0.05, 0.1) is 25.7 Å². The fraction of sp³-hybridized carbons (Fsp3) is 0.385. The Hall–Kier alpha value is -4.10. The zero-order valence-corrected chi connectivity index (χ0v) is 20.7. The van der Waals surface area contributed by atoms with Crippen molar-refractivity contribution in [3.05, 3.63) is 56.9 Å². The Bertz CT molecular complexity index is 1640. The van der Waals surface area contributed by atoms with E-state index in [1.165, 1.54) is 9.13 Å². The number of nitrogens with two attached hydrogens (primary N) is 1. The number of rotatable bonds is 5. The zero-order valence-electron chi connectivity index (χ0n) is 20.7. The third-order valence-corrected chi connectivity index (χ3v) is 6.73. The molecule has 0 amide bonds. The second-order valence-corrected chi connectivity index (χ2v) is 9.00. The van der Waals surface area contributed by atoms with Gasteiger partial charge in [-0.3, -0.25) is 23.5 Å². The lowest BCUT2D eigenvalue weighted by molar-refractivity contribution is 0.419. The van der Waals surface area contributed by atoms with Gasteiger partial charge in [-0.2, -0.15) is 4.98 Å². The summed E-state index contributed by atoms with van der Waals surface area (Å²) in [7, 11) is 3.24.